The summed E-state index contributed by atoms with van der Waals surface area (Å²) in [6.45, 7) is -1.62. The Balaban J connectivity index is 3.54. The number of nitrogens with zero attached hydrogens (tertiary/aromatic N) is 1. The van der Waals surface area contributed by atoms with Gasteiger partial charge < -0.3 is 0 Å². The van der Waals surface area contributed by atoms with Crippen LogP contribution in [0.2, 0.25) is 0 Å². The van der Waals surface area contributed by atoms with E-state index < -0.39 is 6.75 Å². The molecule has 0 amide bonds. The maximum absolute atomic E-state index is 2.58. The zero-order valence-electron chi connectivity index (χ0n) is 4.08. The van der Waals surface area contributed by atoms with Crippen LogP contribution >= 0.6 is 55.9 Å². The van der Waals surface area contributed by atoms with Gasteiger partial charge in [0.15, 0.2) is 0 Å². The quantitative estimate of drug-likeness (QED) is 0.363. The van der Waals surface area contributed by atoms with Crippen molar-refractivity contribution in [1.29, 1.82) is 0 Å². The summed E-state index contributed by atoms with van der Waals surface area (Å²) in [5.41, 5.74) is 0. The second-order valence-corrected chi connectivity index (χ2v) is 79.5. The van der Waals surface area contributed by atoms with Crippen LogP contribution in [0.5, 0.6) is 0 Å². The Morgan fingerprint density at radius 2 is 1.29 bits per heavy atom. The first-order valence-electron chi connectivity index (χ1n) is 1.68. The SMILES string of the molecule is C[N](C)[Sn]([I])([I])[I]. The Hall–Kier alpha value is 2.95. The van der Waals surface area contributed by atoms with Crippen LogP contribution in [0.1, 0.15) is 0 Å². The third-order valence-electron chi connectivity index (χ3n) is 0.507. The summed E-state index contributed by atoms with van der Waals surface area (Å²) in [4.78, 5) is 0. The first-order chi connectivity index (χ1) is 2.94. The molecule has 44 valence electrons. The van der Waals surface area contributed by atoms with Gasteiger partial charge in [-0.05, 0) is 0 Å². The predicted octanol–water partition coefficient (Wildman–Crippen LogP) is 2.29. The zero-order chi connectivity index (χ0) is 6.08. The fraction of sp³-hybridized carbons (Fsp3) is 1.00. The molecule has 0 heterocycles. The predicted molar refractivity (Wildman–Crippen MR) is 61.5 cm³/mol. The van der Waals surface area contributed by atoms with Gasteiger partial charge in [-0.3, -0.25) is 0 Å². The summed E-state index contributed by atoms with van der Waals surface area (Å²) in [5.74, 6) is 0. The molecule has 0 radical (unpaired) electrons. The van der Waals surface area contributed by atoms with Gasteiger partial charge in [0, 0.05) is 0 Å². The van der Waals surface area contributed by atoms with Crippen molar-refractivity contribution in [2.45, 2.75) is 0 Å². The molecule has 0 aromatic heterocycles. The number of rotatable bonds is 1. The van der Waals surface area contributed by atoms with Crippen LogP contribution in [-0.2, 0) is 0 Å². The molecular formula is C2H6I3NSn. The summed E-state index contributed by atoms with van der Waals surface area (Å²) in [5, 5.41) is 0. The molecule has 0 bridgehead atoms. The molecule has 0 aromatic rings. The number of halogens is 3. The molecule has 0 fully saturated rings. The molecule has 0 spiro atoms. The normalized spacial score (nSPS) is 12.9. The first-order valence-corrected chi connectivity index (χ1v) is 27.9. The molecule has 0 rings (SSSR count). The molecule has 0 N–H and O–H groups in total. The Labute approximate surface area is 77.8 Å². The average molecular weight is 544 g/mol. The van der Waals surface area contributed by atoms with Gasteiger partial charge in [0.05, 0.1) is 0 Å². The molecular weight excluding hydrogens is 537 g/mol. The summed E-state index contributed by atoms with van der Waals surface area (Å²) >= 11 is 7.73. The summed E-state index contributed by atoms with van der Waals surface area (Å²) < 4.78 is 2.36. The standard InChI is InChI=1S/C2H6N.3HI.Sn/c1-3-2;;;;/h1-2H3;3*1H;/q-1;;;;+4/p-3. The minimum absolute atomic E-state index is 1.62. The van der Waals surface area contributed by atoms with Crippen LogP contribution in [0, 0.1) is 0 Å². The Morgan fingerprint density at radius 1 is 1.14 bits per heavy atom. The fourth-order valence-corrected chi connectivity index (χ4v) is 0. The van der Waals surface area contributed by atoms with Gasteiger partial charge in [0.1, 0.15) is 0 Å². The monoisotopic (exact) mass is 545 g/mol. The molecule has 0 aliphatic carbocycles. The van der Waals surface area contributed by atoms with Gasteiger partial charge in [-0.15, -0.1) is 0 Å². The van der Waals surface area contributed by atoms with Gasteiger partial charge in [0.25, 0.3) is 0 Å². The van der Waals surface area contributed by atoms with E-state index >= 15 is 0 Å². The van der Waals surface area contributed by atoms with E-state index in [4.69, 9.17) is 0 Å². The van der Waals surface area contributed by atoms with Gasteiger partial charge in [-0.1, -0.05) is 0 Å². The van der Waals surface area contributed by atoms with Gasteiger partial charge in [0.2, 0.25) is 0 Å². The van der Waals surface area contributed by atoms with Crippen molar-refractivity contribution in [3.63, 3.8) is 0 Å². The minimum atomic E-state index is -1.62. The summed E-state index contributed by atoms with van der Waals surface area (Å²) in [7, 11) is 4.31. The maximum atomic E-state index is 2.58. The number of hydrogen-bond donors (Lipinski definition) is 0. The van der Waals surface area contributed by atoms with E-state index in [2.05, 4.69) is 73.1 Å². The van der Waals surface area contributed by atoms with E-state index in [1.807, 2.05) is 0 Å². The molecule has 0 unspecified atom stereocenters. The van der Waals surface area contributed by atoms with Crippen molar-refractivity contribution in [2.24, 2.45) is 0 Å². The Morgan fingerprint density at radius 3 is 1.29 bits per heavy atom. The van der Waals surface area contributed by atoms with Crippen LogP contribution in [0.3, 0.4) is 0 Å². The van der Waals surface area contributed by atoms with Crippen molar-refractivity contribution in [1.82, 2.24) is 3.12 Å². The van der Waals surface area contributed by atoms with E-state index in [0.29, 0.717) is 0 Å². The first kappa shape index (κ1) is 9.95. The summed E-state index contributed by atoms with van der Waals surface area (Å²) in [6.07, 6.45) is 0. The Kier molecular flexibility index (Phi) is 5.63. The van der Waals surface area contributed by atoms with Gasteiger partial charge in [-0.2, -0.15) is 0 Å². The zero-order valence-corrected chi connectivity index (χ0v) is 13.4. The van der Waals surface area contributed by atoms with Crippen molar-refractivity contribution < 1.29 is 0 Å². The number of hydrogen-bond acceptors (Lipinski definition) is 1. The van der Waals surface area contributed by atoms with Crippen molar-refractivity contribution >= 4 is 62.6 Å². The third-order valence-corrected chi connectivity index (χ3v) is 22.8. The van der Waals surface area contributed by atoms with E-state index in [1.54, 1.807) is 0 Å². The van der Waals surface area contributed by atoms with Crippen LogP contribution in [0.15, 0.2) is 0 Å². The van der Waals surface area contributed by atoms with E-state index in [0.717, 1.165) is 0 Å². The van der Waals surface area contributed by atoms with Crippen LogP contribution in [-0.4, -0.2) is 24.0 Å². The van der Waals surface area contributed by atoms with E-state index in [-0.39, 0.29) is 0 Å². The van der Waals surface area contributed by atoms with E-state index in [9.17, 15) is 0 Å². The van der Waals surface area contributed by atoms with Crippen molar-refractivity contribution in [3.8, 4) is 0 Å². The molecule has 5 heteroatoms. The van der Waals surface area contributed by atoms with Crippen molar-refractivity contribution in [2.75, 3.05) is 14.1 Å². The molecule has 0 aliphatic rings. The molecule has 0 saturated heterocycles. The average Bonchev–Trinajstić information content (AvgIpc) is 1.31. The molecule has 0 aliphatic heterocycles. The second-order valence-electron chi connectivity index (χ2n) is 1.36. The fourth-order valence-electron chi connectivity index (χ4n) is 0. The molecule has 1 nitrogen and oxygen atoms in total. The van der Waals surface area contributed by atoms with Gasteiger partial charge >= 0.3 is 79.9 Å². The van der Waals surface area contributed by atoms with Crippen LogP contribution in [0.25, 0.3) is 0 Å². The second kappa shape index (κ2) is 3.96. The van der Waals surface area contributed by atoms with Crippen molar-refractivity contribution in [3.05, 3.63) is 0 Å². The summed E-state index contributed by atoms with van der Waals surface area (Å²) in [6, 6.07) is 0. The van der Waals surface area contributed by atoms with Crippen LogP contribution < -0.4 is 0 Å². The Bertz CT molecular complexity index is 58.4. The van der Waals surface area contributed by atoms with E-state index in [1.165, 1.54) is 0 Å². The van der Waals surface area contributed by atoms with Crippen LogP contribution in [0.4, 0.5) is 0 Å². The molecule has 0 aromatic carbocycles. The van der Waals surface area contributed by atoms with Gasteiger partial charge in [-0.25, -0.2) is 0 Å². The topological polar surface area (TPSA) is 3.24 Å². The molecule has 0 saturated carbocycles. The third kappa shape index (κ3) is 5.40. The molecule has 0 atom stereocenters. The molecule has 7 heavy (non-hydrogen) atoms.